The summed E-state index contributed by atoms with van der Waals surface area (Å²) in [7, 11) is 0. The van der Waals surface area contributed by atoms with Gasteiger partial charge in [0.2, 0.25) is 0 Å². The van der Waals surface area contributed by atoms with E-state index in [1.807, 2.05) is 70.2 Å². The minimum atomic E-state index is 0. The summed E-state index contributed by atoms with van der Waals surface area (Å²) in [6, 6.07) is 19.0. The van der Waals surface area contributed by atoms with Gasteiger partial charge >= 0.3 is 0 Å². The first kappa shape index (κ1) is 23.2. The summed E-state index contributed by atoms with van der Waals surface area (Å²) in [6.07, 6.45) is 3.40. The fourth-order valence-electron chi connectivity index (χ4n) is 1.58. The number of hydrogen-bond acceptors (Lipinski definition) is 1. The summed E-state index contributed by atoms with van der Waals surface area (Å²) in [5, 5.41) is 0. The van der Waals surface area contributed by atoms with E-state index in [0.717, 1.165) is 5.56 Å². The molecule has 0 saturated heterocycles. The van der Waals surface area contributed by atoms with Gasteiger partial charge in [0.15, 0.2) is 5.78 Å². The predicted octanol–water partition coefficient (Wildman–Crippen LogP) is 5.81. The largest absolute Gasteiger partial charge is 0.295 e. The third-order valence-corrected chi connectivity index (χ3v) is 2.47. The van der Waals surface area contributed by atoms with Gasteiger partial charge in [-0.1, -0.05) is 58.0 Å². The second kappa shape index (κ2) is 14.9. The van der Waals surface area contributed by atoms with Crippen molar-refractivity contribution >= 4 is 11.9 Å². The third kappa shape index (κ3) is 9.07. The van der Waals surface area contributed by atoms with Crippen LogP contribution in [0, 0.1) is 6.07 Å². The minimum absolute atomic E-state index is 0. The van der Waals surface area contributed by atoms with Crippen LogP contribution in [0.4, 0.5) is 0 Å². The fraction of sp³-hybridized carbons (Fsp3) is 0.250. The quantitative estimate of drug-likeness (QED) is 0.493. The molecule has 0 aromatic heterocycles. The van der Waals surface area contributed by atoms with Crippen LogP contribution in [0.3, 0.4) is 0 Å². The van der Waals surface area contributed by atoms with Gasteiger partial charge in [-0.25, -0.2) is 0 Å². The molecule has 0 aliphatic carbocycles. The number of ketones is 1. The van der Waals surface area contributed by atoms with Crippen molar-refractivity contribution in [2.45, 2.75) is 34.6 Å². The van der Waals surface area contributed by atoms with Crippen molar-refractivity contribution in [2.75, 3.05) is 0 Å². The summed E-state index contributed by atoms with van der Waals surface area (Å²) in [6.45, 7) is 9.55. The Bertz CT molecular complexity index is 527. The molecule has 1 radical (unpaired) electrons. The molecular formula is C20H25OY-. The van der Waals surface area contributed by atoms with Gasteiger partial charge < -0.3 is 0 Å². The van der Waals surface area contributed by atoms with E-state index in [9.17, 15) is 4.79 Å². The van der Waals surface area contributed by atoms with Crippen LogP contribution >= 0.6 is 0 Å². The Balaban J connectivity index is 0. The van der Waals surface area contributed by atoms with E-state index in [0.29, 0.717) is 0 Å². The molecule has 0 heterocycles. The van der Waals surface area contributed by atoms with Crippen LogP contribution in [0.5, 0.6) is 0 Å². The standard InChI is InChI=1S/C16H13O.2C2H6.Y/c1-13(17)7-8-14-9-11-16(12-10-14)15-5-3-2-4-6-15;2*1-2;/h3-12H,1H3;2*1-2H3;/q-1;;;. The topological polar surface area (TPSA) is 17.1 Å². The van der Waals surface area contributed by atoms with Crippen molar-refractivity contribution < 1.29 is 37.5 Å². The van der Waals surface area contributed by atoms with E-state index >= 15 is 0 Å². The minimum Gasteiger partial charge on any atom is -0.295 e. The van der Waals surface area contributed by atoms with Crippen molar-refractivity contribution in [3.63, 3.8) is 0 Å². The van der Waals surface area contributed by atoms with Gasteiger partial charge in [0.05, 0.1) is 0 Å². The Kier molecular flexibility index (Phi) is 15.7. The molecule has 0 N–H and O–H groups in total. The third-order valence-electron chi connectivity index (χ3n) is 2.47. The summed E-state index contributed by atoms with van der Waals surface area (Å²) < 4.78 is 0. The predicted molar refractivity (Wildman–Crippen MR) is 93.1 cm³/mol. The van der Waals surface area contributed by atoms with Crippen molar-refractivity contribution in [1.29, 1.82) is 0 Å². The van der Waals surface area contributed by atoms with Crippen molar-refractivity contribution in [2.24, 2.45) is 0 Å². The molecule has 115 valence electrons. The summed E-state index contributed by atoms with van der Waals surface area (Å²) in [5.74, 6) is 0.0627. The number of allylic oxidation sites excluding steroid dienone is 1. The number of carbonyl (C=O) groups excluding carboxylic acids is 1. The van der Waals surface area contributed by atoms with Gasteiger partial charge in [-0.05, 0) is 24.1 Å². The zero-order valence-electron chi connectivity index (χ0n) is 14.3. The Labute approximate surface area is 160 Å². The van der Waals surface area contributed by atoms with Gasteiger partial charge in [-0.15, -0.1) is 5.56 Å². The molecule has 0 unspecified atom stereocenters. The van der Waals surface area contributed by atoms with Crippen LogP contribution in [0.2, 0.25) is 0 Å². The molecule has 0 bridgehead atoms. The van der Waals surface area contributed by atoms with Gasteiger partial charge in [0.1, 0.15) is 0 Å². The monoisotopic (exact) mass is 370 g/mol. The number of benzene rings is 2. The Morgan fingerprint density at radius 3 is 1.77 bits per heavy atom. The fourth-order valence-corrected chi connectivity index (χ4v) is 1.58. The number of rotatable bonds is 3. The first-order valence-electron chi connectivity index (χ1n) is 7.51. The van der Waals surface area contributed by atoms with Crippen LogP contribution in [0.15, 0.2) is 54.6 Å². The smallest absolute Gasteiger partial charge is 0.152 e. The normalized spacial score (nSPS) is 8.77. The Hall–Kier alpha value is -1.05. The van der Waals surface area contributed by atoms with E-state index in [1.165, 1.54) is 11.1 Å². The maximum atomic E-state index is 10.8. The molecule has 22 heavy (non-hydrogen) atoms. The average Bonchev–Trinajstić information content (AvgIpc) is 2.58. The van der Waals surface area contributed by atoms with Crippen LogP contribution in [0.1, 0.15) is 40.2 Å². The Morgan fingerprint density at radius 2 is 1.32 bits per heavy atom. The molecule has 2 heteroatoms. The molecule has 0 fully saturated rings. The van der Waals surface area contributed by atoms with E-state index in [1.54, 1.807) is 13.0 Å². The van der Waals surface area contributed by atoms with Crippen LogP contribution in [-0.4, -0.2) is 5.78 Å². The first-order valence-corrected chi connectivity index (χ1v) is 7.51. The van der Waals surface area contributed by atoms with Gasteiger partial charge in [0, 0.05) is 32.7 Å². The molecule has 2 aromatic rings. The van der Waals surface area contributed by atoms with E-state index in [2.05, 4.69) is 18.2 Å². The molecule has 1 nitrogen and oxygen atoms in total. The molecule has 0 atom stereocenters. The molecule has 0 saturated carbocycles. The first-order chi connectivity index (χ1) is 10.3. The van der Waals surface area contributed by atoms with Crippen molar-refractivity contribution in [1.82, 2.24) is 0 Å². The van der Waals surface area contributed by atoms with E-state index in [4.69, 9.17) is 0 Å². The average molecular weight is 370 g/mol. The van der Waals surface area contributed by atoms with Gasteiger partial charge in [0.25, 0.3) is 0 Å². The van der Waals surface area contributed by atoms with Crippen LogP contribution in [-0.2, 0) is 37.5 Å². The van der Waals surface area contributed by atoms with Gasteiger partial charge in [-0.2, -0.15) is 30.3 Å². The summed E-state index contributed by atoms with van der Waals surface area (Å²) >= 11 is 0. The van der Waals surface area contributed by atoms with Crippen molar-refractivity contribution in [3.8, 4) is 11.1 Å². The maximum Gasteiger partial charge on any atom is 0.152 e. The maximum absolute atomic E-state index is 10.8. The molecule has 2 rings (SSSR count). The second-order valence-corrected chi connectivity index (χ2v) is 3.85. The molecule has 0 spiro atoms. The molecule has 0 aliphatic rings. The SMILES string of the molecule is CC.CC.CC(=O)C=Cc1ccc(-c2cc[c-]cc2)cc1.[Y]. The van der Waals surface area contributed by atoms with E-state index in [-0.39, 0.29) is 38.5 Å². The number of hydrogen-bond donors (Lipinski definition) is 0. The molecule has 0 aliphatic heterocycles. The Morgan fingerprint density at radius 1 is 0.864 bits per heavy atom. The van der Waals surface area contributed by atoms with E-state index < -0.39 is 0 Å². The zero-order valence-corrected chi connectivity index (χ0v) is 17.1. The molecule has 2 aromatic carbocycles. The van der Waals surface area contributed by atoms with Crippen LogP contribution in [0.25, 0.3) is 17.2 Å². The number of carbonyl (C=O) groups is 1. The van der Waals surface area contributed by atoms with Crippen LogP contribution < -0.4 is 0 Å². The zero-order chi connectivity index (χ0) is 16.1. The van der Waals surface area contributed by atoms with Crippen molar-refractivity contribution in [3.05, 3.63) is 66.2 Å². The second-order valence-electron chi connectivity index (χ2n) is 3.85. The summed E-state index contributed by atoms with van der Waals surface area (Å²) in [5.41, 5.74) is 3.37. The molecular weight excluding hydrogens is 345 g/mol. The van der Waals surface area contributed by atoms with Gasteiger partial charge in [-0.3, -0.25) is 4.79 Å². The summed E-state index contributed by atoms with van der Waals surface area (Å²) in [4.78, 5) is 10.8. The molecule has 0 amide bonds.